The molecule has 5 nitrogen and oxygen atoms in total. The van der Waals surface area contributed by atoms with E-state index in [4.69, 9.17) is 16.2 Å². The van der Waals surface area contributed by atoms with Crippen LogP contribution in [0, 0.1) is 0 Å². The first-order valence-electron chi connectivity index (χ1n) is 6.59. The van der Waals surface area contributed by atoms with Crippen LogP contribution < -0.4 is 21.5 Å². The molecule has 1 aromatic rings. The first-order valence-corrected chi connectivity index (χ1v) is 7.41. The molecule has 0 atom stereocenters. The molecule has 1 rings (SSSR count). The lowest BCUT2D eigenvalue weighted by molar-refractivity contribution is 0.100. The number of unbranched alkanes of at least 4 members (excludes halogenated alkanes) is 2. The number of primary amides is 1. The van der Waals surface area contributed by atoms with Gasteiger partial charge in [-0.1, -0.05) is 19.8 Å². The lowest BCUT2D eigenvalue weighted by Crippen LogP contribution is -2.12. The van der Waals surface area contributed by atoms with Gasteiger partial charge in [-0.2, -0.15) is 0 Å². The van der Waals surface area contributed by atoms with Gasteiger partial charge in [0.05, 0.1) is 6.10 Å². The number of hydrogen-bond donors (Lipinski definition) is 3. The number of ether oxygens (including phenoxy) is 1. The molecule has 0 aliphatic carbocycles. The van der Waals surface area contributed by atoms with E-state index in [1.54, 1.807) is 0 Å². The molecule has 0 aliphatic heterocycles. The summed E-state index contributed by atoms with van der Waals surface area (Å²) in [6, 6.07) is 0. The van der Waals surface area contributed by atoms with E-state index in [0.717, 1.165) is 30.8 Å². The minimum Gasteiger partial charge on any atom is -0.486 e. The zero-order valence-electron chi connectivity index (χ0n) is 11.8. The quantitative estimate of drug-likeness (QED) is 0.641. The van der Waals surface area contributed by atoms with Crippen molar-refractivity contribution in [3.05, 3.63) is 4.88 Å². The van der Waals surface area contributed by atoms with Gasteiger partial charge in [-0.3, -0.25) is 4.79 Å². The smallest absolute Gasteiger partial charge is 0.261 e. The summed E-state index contributed by atoms with van der Waals surface area (Å²) in [7, 11) is 0. The highest BCUT2D eigenvalue weighted by Gasteiger charge is 2.21. The van der Waals surface area contributed by atoms with E-state index in [1.807, 2.05) is 13.8 Å². The molecule has 1 aromatic heterocycles. The number of hydrogen-bond acceptors (Lipinski definition) is 5. The average molecular weight is 285 g/mol. The summed E-state index contributed by atoms with van der Waals surface area (Å²) in [6.45, 7) is 6.83. The van der Waals surface area contributed by atoms with Gasteiger partial charge in [-0.05, 0) is 20.3 Å². The van der Waals surface area contributed by atoms with E-state index in [-0.39, 0.29) is 6.10 Å². The molecule has 6 heteroatoms. The number of thiophene rings is 1. The van der Waals surface area contributed by atoms with Gasteiger partial charge in [0, 0.05) is 6.54 Å². The largest absolute Gasteiger partial charge is 0.486 e. The average Bonchev–Trinajstić information content (AvgIpc) is 2.63. The summed E-state index contributed by atoms with van der Waals surface area (Å²) >= 11 is 1.26. The first-order chi connectivity index (χ1) is 8.97. The molecule has 0 aromatic carbocycles. The van der Waals surface area contributed by atoms with Gasteiger partial charge < -0.3 is 21.5 Å². The summed E-state index contributed by atoms with van der Waals surface area (Å²) in [5, 5.41) is 4.06. The molecule has 0 aliphatic rings. The Morgan fingerprint density at radius 1 is 1.42 bits per heavy atom. The van der Waals surface area contributed by atoms with Crippen molar-refractivity contribution in [3.8, 4) is 5.75 Å². The van der Waals surface area contributed by atoms with Gasteiger partial charge in [0.2, 0.25) is 0 Å². The van der Waals surface area contributed by atoms with E-state index >= 15 is 0 Å². The standard InChI is InChI=1S/C13H23N3O2S/c1-4-5-6-7-16-13-10(18-8(2)3)9(14)11(19-13)12(15)17/h8,16H,4-7,14H2,1-3H3,(H2,15,17). The van der Waals surface area contributed by atoms with Crippen LogP contribution in [0.5, 0.6) is 5.75 Å². The molecule has 0 unspecified atom stereocenters. The maximum absolute atomic E-state index is 11.3. The van der Waals surface area contributed by atoms with Gasteiger partial charge in [0.15, 0.2) is 5.75 Å². The van der Waals surface area contributed by atoms with E-state index in [9.17, 15) is 4.79 Å². The Morgan fingerprint density at radius 3 is 2.63 bits per heavy atom. The van der Waals surface area contributed by atoms with Crippen LogP contribution >= 0.6 is 11.3 Å². The third-order valence-electron chi connectivity index (χ3n) is 2.54. The summed E-state index contributed by atoms with van der Waals surface area (Å²) in [5.74, 6) is 0.0306. The predicted octanol–water partition coefficient (Wildman–Crippen LogP) is 2.82. The molecule has 0 fully saturated rings. The fourth-order valence-corrected chi connectivity index (χ4v) is 2.59. The molecule has 0 spiro atoms. The Hall–Kier alpha value is -1.43. The van der Waals surface area contributed by atoms with Crippen molar-refractivity contribution >= 4 is 27.9 Å². The minimum absolute atomic E-state index is 0.00572. The summed E-state index contributed by atoms with van der Waals surface area (Å²) in [4.78, 5) is 11.7. The van der Waals surface area contributed by atoms with Gasteiger partial charge in [-0.25, -0.2) is 0 Å². The van der Waals surface area contributed by atoms with E-state index in [0.29, 0.717) is 16.3 Å². The lowest BCUT2D eigenvalue weighted by Gasteiger charge is -2.12. The van der Waals surface area contributed by atoms with Crippen molar-refractivity contribution in [3.63, 3.8) is 0 Å². The molecular formula is C13H23N3O2S. The van der Waals surface area contributed by atoms with E-state index in [1.165, 1.54) is 11.3 Å². The van der Waals surface area contributed by atoms with Crippen molar-refractivity contribution in [1.82, 2.24) is 0 Å². The van der Waals surface area contributed by atoms with Crippen molar-refractivity contribution in [2.45, 2.75) is 46.1 Å². The maximum atomic E-state index is 11.3. The number of nitrogen functional groups attached to an aromatic ring is 1. The second kappa shape index (κ2) is 7.23. The molecule has 19 heavy (non-hydrogen) atoms. The molecule has 5 N–H and O–H groups in total. The van der Waals surface area contributed by atoms with Crippen LogP contribution in [0.1, 0.15) is 49.7 Å². The molecule has 0 bridgehead atoms. The molecule has 1 heterocycles. The van der Waals surface area contributed by atoms with E-state index < -0.39 is 5.91 Å². The van der Waals surface area contributed by atoms with Crippen LogP contribution in [0.3, 0.4) is 0 Å². The fraction of sp³-hybridized carbons (Fsp3) is 0.615. The molecule has 0 saturated carbocycles. The van der Waals surface area contributed by atoms with Crippen LogP contribution in [0.25, 0.3) is 0 Å². The predicted molar refractivity (Wildman–Crippen MR) is 81.0 cm³/mol. The first kappa shape index (κ1) is 15.6. The number of nitrogens with one attached hydrogen (secondary N) is 1. The van der Waals surface area contributed by atoms with Gasteiger partial charge in [0.1, 0.15) is 15.6 Å². The monoisotopic (exact) mass is 285 g/mol. The number of rotatable bonds is 8. The second-order valence-electron chi connectivity index (χ2n) is 4.67. The third kappa shape index (κ3) is 4.31. The number of nitrogens with two attached hydrogens (primary N) is 2. The second-order valence-corrected chi connectivity index (χ2v) is 5.69. The summed E-state index contributed by atoms with van der Waals surface area (Å²) in [5.41, 5.74) is 11.6. The zero-order chi connectivity index (χ0) is 14.4. The molecule has 108 valence electrons. The number of amides is 1. The molecular weight excluding hydrogens is 262 g/mol. The Bertz CT molecular complexity index is 430. The Balaban J connectivity index is 2.87. The summed E-state index contributed by atoms with van der Waals surface area (Å²) < 4.78 is 5.68. The number of carbonyl (C=O) groups is 1. The number of anilines is 2. The van der Waals surface area contributed by atoms with Gasteiger partial charge in [0.25, 0.3) is 5.91 Å². The van der Waals surface area contributed by atoms with Crippen LogP contribution in [-0.2, 0) is 0 Å². The number of carbonyl (C=O) groups excluding carboxylic acids is 1. The molecule has 1 amide bonds. The minimum atomic E-state index is -0.516. The van der Waals surface area contributed by atoms with Crippen LogP contribution in [0.15, 0.2) is 0 Å². The van der Waals surface area contributed by atoms with Crippen molar-refractivity contribution in [1.29, 1.82) is 0 Å². The topological polar surface area (TPSA) is 90.4 Å². The van der Waals surface area contributed by atoms with Gasteiger partial charge >= 0.3 is 0 Å². The summed E-state index contributed by atoms with van der Waals surface area (Å²) in [6.07, 6.45) is 3.39. The van der Waals surface area contributed by atoms with Crippen LogP contribution in [0.2, 0.25) is 0 Å². The van der Waals surface area contributed by atoms with Crippen molar-refractivity contribution in [2.24, 2.45) is 5.73 Å². The highest BCUT2D eigenvalue weighted by molar-refractivity contribution is 7.19. The molecule has 0 saturated heterocycles. The van der Waals surface area contributed by atoms with Crippen LogP contribution in [0.4, 0.5) is 10.7 Å². The zero-order valence-corrected chi connectivity index (χ0v) is 12.6. The Labute approximate surface area is 118 Å². The van der Waals surface area contributed by atoms with E-state index in [2.05, 4.69) is 12.2 Å². The highest BCUT2D eigenvalue weighted by atomic mass is 32.1. The van der Waals surface area contributed by atoms with Crippen LogP contribution in [-0.4, -0.2) is 18.6 Å². The third-order valence-corrected chi connectivity index (χ3v) is 3.70. The molecule has 0 radical (unpaired) electrons. The highest BCUT2D eigenvalue weighted by Crippen LogP contribution is 2.42. The maximum Gasteiger partial charge on any atom is 0.261 e. The fourth-order valence-electron chi connectivity index (χ4n) is 1.66. The van der Waals surface area contributed by atoms with Crippen molar-refractivity contribution < 1.29 is 9.53 Å². The Kier molecular flexibility index (Phi) is 5.95. The van der Waals surface area contributed by atoms with Gasteiger partial charge in [-0.15, -0.1) is 11.3 Å². The van der Waals surface area contributed by atoms with Crippen molar-refractivity contribution in [2.75, 3.05) is 17.6 Å². The Morgan fingerprint density at radius 2 is 2.11 bits per heavy atom. The SMILES string of the molecule is CCCCCNc1sc(C(N)=O)c(N)c1OC(C)C. The normalized spacial score (nSPS) is 10.7. The lowest BCUT2D eigenvalue weighted by atomic mass is 10.2.